The average Bonchev–Trinajstić information content (AvgIpc) is 2.14. The number of nitrogens with one attached hydrogen (secondary N) is 1. The zero-order valence-electron chi connectivity index (χ0n) is 7.87. The zero-order valence-corrected chi connectivity index (χ0v) is 7.87. The molecule has 0 radical (unpaired) electrons. The molecule has 0 fully saturated rings. The first-order valence-corrected chi connectivity index (χ1v) is 4.16. The Balaban J connectivity index is 3.06. The van der Waals surface area contributed by atoms with Gasteiger partial charge in [-0.2, -0.15) is 0 Å². The molecule has 0 amide bonds. The molecule has 5 nitrogen and oxygen atoms in total. The molecule has 0 bridgehead atoms. The van der Waals surface area contributed by atoms with E-state index in [1.165, 1.54) is 4.57 Å². The van der Waals surface area contributed by atoms with E-state index in [4.69, 9.17) is 0 Å². The third-order valence-corrected chi connectivity index (χ3v) is 2.11. The van der Waals surface area contributed by atoms with Crippen molar-refractivity contribution in [3.63, 3.8) is 0 Å². The van der Waals surface area contributed by atoms with Gasteiger partial charge in [-0.15, -0.1) is 0 Å². The molecule has 2 aromatic heterocycles. The van der Waals surface area contributed by atoms with Gasteiger partial charge in [0.05, 0.1) is 5.52 Å². The van der Waals surface area contributed by atoms with E-state index in [-0.39, 0.29) is 0 Å². The van der Waals surface area contributed by atoms with Crippen LogP contribution in [0.3, 0.4) is 0 Å². The first kappa shape index (κ1) is 8.68. The smallest absolute Gasteiger partial charge is 0.304 e. The van der Waals surface area contributed by atoms with E-state index in [2.05, 4.69) is 9.97 Å². The second-order valence-electron chi connectivity index (χ2n) is 3.14. The summed E-state index contributed by atoms with van der Waals surface area (Å²) >= 11 is 0. The van der Waals surface area contributed by atoms with E-state index < -0.39 is 11.1 Å². The minimum Gasteiger partial charge on any atom is -0.304 e. The number of H-pyrrole nitrogens is 1. The number of aryl methyl sites for hydroxylation is 2. The van der Waals surface area contributed by atoms with Crippen LogP contribution in [0.1, 0.15) is 5.69 Å². The standard InChI is InChI=1S/C9H9N3O2/c1-5-3-4-6-7(10-5)11-8(13)9(14)12(6)2/h3-4H,1-2H3,(H,10,11,13). The number of fused-ring (bicyclic) bond motifs is 1. The molecule has 0 atom stereocenters. The highest BCUT2D eigenvalue weighted by molar-refractivity contribution is 5.69. The van der Waals surface area contributed by atoms with Gasteiger partial charge in [0, 0.05) is 12.7 Å². The summed E-state index contributed by atoms with van der Waals surface area (Å²) in [6.45, 7) is 1.82. The van der Waals surface area contributed by atoms with Crippen molar-refractivity contribution in [2.45, 2.75) is 6.92 Å². The summed E-state index contributed by atoms with van der Waals surface area (Å²) in [4.78, 5) is 29.0. The number of hydrogen-bond donors (Lipinski definition) is 1. The predicted octanol–water partition coefficient (Wildman–Crippen LogP) is -0.0698. The first-order valence-electron chi connectivity index (χ1n) is 4.16. The van der Waals surface area contributed by atoms with Gasteiger partial charge < -0.3 is 9.55 Å². The van der Waals surface area contributed by atoms with Crippen LogP contribution in [-0.4, -0.2) is 14.5 Å². The Hall–Kier alpha value is -1.91. The minimum atomic E-state index is -0.641. The van der Waals surface area contributed by atoms with Gasteiger partial charge in [-0.05, 0) is 19.1 Å². The van der Waals surface area contributed by atoms with Crippen LogP contribution in [0.25, 0.3) is 11.2 Å². The molecule has 0 aliphatic heterocycles. The van der Waals surface area contributed by atoms with Crippen LogP contribution in [0.2, 0.25) is 0 Å². The normalized spacial score (nSPS) is 10.7. The highest BCUT2D eigenvalue weighted by Crippen LogP contribution is 2.04. The topological polar surface area (TPSA) is 67.8 Å². The molecule has 72 valence electrons. The van der Waals surface area contributed by atoms with Gasteiger partial charge in [-0.25, -0.2) is 4.98 Å². The fraction of sp³-hybridized carbons (Fsp3) is 0.222. The van der Waals surface area contributed by atoms with Crippen LogP contribution in [0, 0.1) is 6.92 Å². The van der Waals surface area contributed by atoms with Gasteiger partial charge >= 0.3 is 11.1 Å². The molecule has 0 aliphatic rings. The van der Waals surface area contributed by atoms with Crippen LogP contribution in [0.4, 0.5) is 0 Å². The molecule has 2 aromatic rings. The maximum atomic E-state index is 11.3. The summed E-state index contributed by atoms with van der Waals surface area (Å²) in [6.07, 6.45) is 0. The fourth-order valence-corrected chi connectivity index (χ4v) is 1.33. The lowest BCUT2D eigenvalue weighted by Crippen LogP contribution is -2.35. The molecule has 5 heteroatoms. The number of nitrogens with zero attached hydrogens (tertiary/aromatic N) is 2. The maximum Gasteiger partial charge on any atom is 0.316 e. The summed E-state index contributed by atoms with van der Waals surface area (Å²) in [5, 5.41) is 0. The molecule has 0 spiro atoms. The SMILES string of the molecule is Cc1ccc2c(n1)[nH]c(=O)c(=O)n2C. The van der Waals surface area contributed by atoms with Crippen molar-refractivity contribution in [2.75, 3.05) is 0 Å². The molecule has 2 rings (SSSR count). The van der Waals surface area contributed by atoms with Gasteiger partial charge in [-0.1, -0.05) is 0 Å². The van der Waals surface area contributed by atoms with Crippen molar-refractivity contribution >= 4 is 11.2 Å². The van der Waals surface area contributed by atoms with Crippen LogP contribution >= 0.6 is 0 Å². The van der Waals surface area contributed by atoms with E-state index in [1.807, 2.05) is 6.92 Å². The van der Waals surface area contributed by atoms with E-state index >= 15 is 0 Å². The molecule has 0 saturated carbocycles. The van der Waals surface area contributed by atoms with Gasteiger partial charge in [0.25, 0.3) is 0 Å². The van der Waals surface area contributed by atoms with E-state index in [0.29, 0.717) is 11.2 Å². The lowest BCUT2D eigenvalue weighted by Gasteiger charge is -2.02. The second kappa shape index (κ2) is 2.80. The van der Waals surface area contributed by atoms with Crippen LogP contribution in [0.5, 0.6) is 0 Å². The molecule has 14 heavy (non-hydrogen) atoms. The number of pyridine rings is 1. The Kier molecular flexibility index (Phi) is 1.73. The lowest BCUT2D eigenvalue weighted by molar-refractivity contribution is 0.867. The Labute approximate surface area is 79.0 Å². The molecule has 0 aromatic carbocycles. The number of aromatic amines is 1. The summed E-state index contributed by atoms with van der Waals surface area (Å²) in [7, 11) is 1.55. The molecule has 0 aliphatic carbocycles. The number of aromatic nitrogens is 3. The Morgan fingerprint density at radius 1 is 1.36 bits per heavy atom. The number of hydrogen-bond acceptors (Lipinski definition) is 3. The Morgan fingerprint density at radius 2 is 2.07 bits per heavy atom. The molecule has 2 heterocycles. The van der Waals surface area contributed by atoms with Crippen LogP contribution < -0.4 is 11.1 Å². The van der Waals surface area contributed by atoms with Crippen molar-refractivity contribution in [3.05, 3.63) is 38.5 Å². The van der Waals surface area contributed by atoms with E-state index in [0.717, 1.165) is 5.69 Å². The molecule has 1 N–H and O–H groups in total. The highest BCUT2D eigenvalue weighted by Gasteiger charge is 2.04. The van der Waals surface area contributed by atoms with Crippen molar-refractivity contribution in [3.8, 4) is 0 Å². The van der Waals surface area contributed by atoms with Gasteiger partial charge in [-0.3, -0.25) is 9.59 Å². The minimum absolute atomic E-state index is 0.442. The monoisotopic (exact) mass is 191 g/mol. The molecular weight excluding hydrogens is 182 g/mol. The zero-order chi connectivity index (χ0) is 10.3. The van der Waals surface area contributed by atoms with E-state index in [1.54, 1.807) is 19.2 Å². The van der Waals surface area contributed by atoms with Crippen molar-refractivity contribution in [1.29, 1.82) is 0 Å². The van der Waals surface area contributed by atoms with Gasteiger partial charge in [0.1, 0.15) is 0 Å². The third-order valence-electron chi connectivity index (χ3n) is 2.11. The molecule has 0 unspecified atom stereocenters. The summed E-state index contributed by atoms with van der Waals surface area (Å²) in [5.41, 5.74) is 0.658. The van der Waals surface area contributed by atoms with E-state index in [9.17, 15) is 9.59 Å². The fourth-order valence-electron chi connectivity index (χ4n) is 1.33. The van der Waals surface area contributed by atoms with Crippen LogP contribution in [-0.2, 0) is 7.05 Å². The van der Waals surface area contributed by atoms with Crippen LogP contribution in [0.15, 0.2) is 21.7 Å². The predicted molar refractivity (Wildman–Crippen MR) is 52.3 cm³/mol. The Bertz CT molecular complexity index is 609. The second-order valence-corrected chi connectivity index (χ2v) is 3.14. The summed E-state index contributed by atoms with van der Waals surface area (Å²) < 4.78 is 1.29. The quantitative estimate of drug-likeness (QED) is 0.593. The van der Waals surface area contributed by atoms with Gasteiger partial charge in [0.2, 0.25) is 0 Å². The lowest BCUT2D eigenvalue weighted by atomic mass is 10.3. The van der Waals surface area contributed by atoms with Gasteiger partial charge in [0.15, 0.2) is 5.65 Å². The van der Waals surface area contributed by atoms with Crippen molar-refractivity contribution in [2.24, 2.45) is 7.05 Å². The average molecular weight is 191 g/mol. The van der Waals surface area contributed by atoms with Crippen molar-refractivity contribution < 1.29 is 0 Å². The van der Waals surface area contributed by atoms with Crippen molar-refractivity contribution in [1.82, 2.24) is 14.5 Å². The Morgan fingerprint density at radius 3 is 2.79 bits per heavy atom. The maximum absolute atomic E-state index is 11.3. The highest BCUT2D eigenvalue weighted by atomic mass is 16.2. The molecule has 0 saturated heterocycles. The largest absolute Gasteiger partial charge is 0.316 e. The summed E-state index contributed by atoms with van der Waals surface area (Å²) in [6, 6.07) is 3.55. The first-order chi connectivity index (χ1) is 6.59. The summed E-state index contributed by atoms with van der Waals surface area (Å²) in [5.74, 6) is 0. The third kappa shape index (κ3) is 1.14. The molecular formula is C9H9N3O2. The number of rotatable bonds is 0.